The zero-order chi connectivity index (χ0) is 12.5. The van der Waals surface area contributed by atoms with Crippen LogP contribution >= 0.6 is 12.4 Å². The van der Waals surface area contributed by atoms with Gasteiger partial charge in [-0.25, -0.2) is 0 Å². The average molecular weight is 275 g/mol. The minimum atomic E-state index is 0. The predicted octanol–water partition coefficient (Wildman–Crippen LogP) is 2.30. The van der Waals surface area contributed by atoms with Gasteiger partial charge in [0.15, 0.2) is 0 Å². The van der Waals surface area contributed by atoms with Gasteiger partial charge in [0.1, 0.15) is 0 Å². The summed E-state index contributed by atoms with van der Waals surface area (Å²) in [4.78, 5) is 14.4. The van der Waals surface area contributed by atoms with Crippen LogP contribution in [-0.4, -0.2) is 37.5 Å². The van der Waals surface area contributed by atoms with Gasteiger partial charge in [-0.05, 0) is 50.6 Å². The van der Waals surface area contributed by atoms with Crippen LogP contribution in [0.3, 0.4) is 0 Å². The van der Waals surface area contributed by atoms with Gasteiger partial charge in [-0.1, -0.05) is 13.8 Å². The van der Waals surface area contributed by atoms with Crippen molar-refractivity contribution in [2.75, 3.05) is 26.7 Å². The molecule has 0 radical (unpaired) electrons. The highest BCUT2D eigenvalue weighted by atomic mass is 35.5. The summed E-state index contributed by atoms with van der Waals surface area (Å²) in [6.07, 6.45) is 4.59. The van der Waals surface area contributed by atoms with Crippen molar-refractivity contribution >= 4 is 18.3 Å². The SMILES string of the molecule is CCC1(C)CC1C(=O)N1CCC(CNC)CC1.Cl. The van der Waals surface area contributed by atoms with E-state index in [9.17, 15) is 4.79 Å². The van der Waals surface area contributed by atoms with Crippen molar-refractivity contribution < 1.29 is 4.79 Å². The molecule has 2 fully saturated rings. The number of rotatable bonds is 4. The fourth-order valence-electron chi connectivity index (χ4n) is 3.05. The third-order valence-electron chi connectivity index (χ3n) is 4.88. The Morgan fingerprint density at radius 2 is 2.00 bits per heavy atom. The van der Waals surface area contributed by atoms with E-state index in [-0.39, 0.29) is 12.4 Å². The van der Waals surface area contributed by atoms with Crippen molar-refractivity contribution in [3.8, 4) is 0 Å². The van der Waals surface area contributed by atoms with Crippen molar-refractivity contribution in [3.05, 3.63) is 0 Å². The number of amides is 1. The molecular weight excluding hydrogens is 248 g/mol. The Balaban J connectivity index is 0.00000162. The molecule has 0 aromatic carbocycles. The maximum Gasteiger partial charge on any atom is 0.226 e. The average Bonchev–Trinajstić information content (AvgIpc) is 3.03. The Morgan fingerprint density at radius 3 is 2.44 bits per heavy atom. The molecule has 1 saturated heterocycles. The molecule has 2 atom stereocenters. The normalized spacial score (nSPS) is 31.9. The van der Waals surface area contributed by atoms with Gasteiger partial charge in [0.25, 0.3) is 0 Å². The summed E-state index contributed by atoms with van der Waals surface area (Å²) in [6.45, 7) is 7.50. The molecule has 1 heterocycles. The second-order valence-corrected chi connectivity index (χ2v) is 6.09. The first kappa shape index (κ1) is 15.8. The highest BCUT2D eigenvalue weighted by Crippen LogP contribution is 2.55. The van der Waals surface area contributed by atoms with Crippen molar-refractivity contribution in [1.29, 1.82) is 0 Å². The van der Waals surface area contributed by atoms with Gasteiger partial charge in [-0.3, -0.25) is 4.79 Å². The number of carbonyl (C=O) groups excluding carboxylic acids is 1. The van der Waals surface area contributed by atoms with Gasteiger partial charge in [-0.2, -0.15) is 0 Å². The number of hydrogen-bond donors (Lipinski definition) is 1. The molecule has 1 amide bonds. The predicted molar refractivity (Wildman–Crippen MR) is 77.0 cm³/mol. The molecule has 2 unspecified atom stereocenters. The van der Waals surface area contributed by atoms with Crippen LogP contribution < -0.4 is 5.32 Å². The lowest BCUT2D eigenvalue weighted by Gasteiger charge is -2.32. The van der Waals surface area contributed by atoms with Gasteiger partial charge in [-0.15, -0.1) is 12.4 Å². The van der Waals surface area contributed by atoms with E-state index < -0.39 is 0 Å². The maximum absolute atomic E-state index is 12.3. The number of nitrogens with zero attached hydrogens (tertiary/aromatic N) is 1. The van der Waals surface area contributed by atoms with Crippen LogP contribution in [-0.2, 0) is 4.79 Å². The van der Waals surface area contributed by atoms with E-state index in [0.29, 0.717) is 17.2 Å². The Labute approximate surface area is 117 Å². The van der Waals surface area contributed by atoms with Gasteiger partial charge in [0.2, 0.25) is 5.91 Å². The Bertz CT molecular complexity index is 290. The van der Waals surface area contributed by atoms with E-state index in [0.717, 1.165) is 38.4 Å². The highest BCUT2D eigenvalue weighted by Gasteiger charge is 2.54. The van der Waals surface area contributed by atoms with E-state index in [1.807, 2.05) is 7.05 Å². The quantitative estimate of drug-likeness (QED) is 0.853. The number of nitrogens with one attached hydrogen (secondary N) is 1. The summed E-state index contributed by atoms with van der Waals surface area (Å²) in [5.41, 5.74) is 0.318. The van der Waals surface area contributed by atoms with E-state index in [1.165, 1.54) is 12.8 Å². The molecule has 0 bridgehead atoms. The molecule has 0 spiro atoms. The second kappa shape index (κ2) is 6.25. The molecule has 1 N–H and O–H groups in total. The van der Waals surface area contributed by atoms with Crippen LogP contribution in [0.5, 0.6) is 0 Å². The van der Waals surface area contributed by atoms with Crippen molar-refractivity contribution in [2.45, 2.75) is 39.5 Å². The third-order valence-corrected chi connectivity index (χ3v) is 4.88. The lowest BCUT2D eigenvalue weighted by atomic mass is 9.96. The van der Waals surface area contributed by atoms with Gasteiger partial charge in [0, 0.05) is 19.0 Å². The lowest BCUT2D eigenvalue weighted by molar-refractivity contribution is -0.134. The van der Waals surface area contributed by atoms with Crippen molar-refractivity contribution in [3.63, 3.8) is 0 Å². The zero-order valence-corrected chi connectivity index (χ0v) is 12.7. The highest BCUT2D eigenvalue weighted by molar-refractivity contribution is 5.85. The molecule has 1 aliphatic carbocycles. The summed E-state index contributed by atoms with van der Waals surface area (Å²) < 4.78 is 0. The molecule has 0 aromatic heterocycles. The first-order chi connectivity index (χ1) is 8.10. The van der Waals surface area contributed by atoms with Crippen LogP contribution in [0.1, 0.15) is 39.5 Å². The van der Waals surface area contributed by atoms with Crippen molar-refractivity contribution in [1.82, 2.24) is 10.2 Å². The Hall–Kier alpha value is -0.280. The van der Waals surface area contributed by atoms with E-state index in [1.54, 1.807) is 0 Å². The van der Waals surface area contributed by atoms with Crippen LogP contribution in [0.25, 0.3) is 0 Å². The van der Waals surface area contributed by atoms with Gasteiger partial charge in [0.05, 0.1) is 0 Å². The molecular formula is C14H27ClN2O. The summed E-state index contributed by atoms with van der Waals surface area (Å²) in [5, 5.41) is 3.24. The number of carbonyl (C=O) groups is 1. The Kier molecular flexibility index (Phi) is 5.47. The number of hydrogen-bond acceptors (Lipinski definition) is 2. The fourth-order valence-corrected chi connectivity index (χ4v) is 3.05. The zero-order valence-electron chi connectivity index (χ0n) is 11.9. The molecule has 18 heavy (non-hydrogen) atoms. The number of halogens is 1. The minimum absolute atomic E-state index is 0. The topological polar surface area (TPSA) is 32.3 Å². The first-order valence-electron chi connectivity index (χ1n) is 7.04. The minimum Gasteiger partial charge on any atom is -0.342 e. The van der Waals surface area contributed by atoms with Gasteiger partial charge >= 0.3 is 0 Å². The smallest absolute Gasteiger partial charge is 0.226 e. The summed E-state index contributed by atoms with van der Waals surface area (Å²) in [6, 6.07) is 0. The van der Waals surface area contributed by atoms with E-state index in [2.05, 4.69) is 24.1 Å². The van der Waals surface area contributed by atoms with E-state index >= 15 is 0 Å². The van der Waals surface area contributed by atoms with Crippen LogP contribution in [0.4, 0.5) is 0 Å². The largest absolute Gasteiger partial charge is 0.342 e. The first-order valence-corrected chi connectivity index (χ1v) is 7.04. The third kappa shape index (κ3) is 3.18. The number of piperidine rings is 1. The molecule has 0 aromatic rings. The summed E-state index contributed by atoms with van der Waals surface area (Å²) >= 11 is 0. The monoisotopic (exact) mass is 274 g/mol. The number of likely N-dealkylation sites (tertiary alicyclic amines) is 1. The standard InChI is InChI=1S/C14H26N2O.ClH/c1-4-14(2)9-12(14)13(17)16-7-5-11(6-8-16)10-15-3;/h11-12,15H,4-10H2,1-3H3;1H. The molecule has 1 saturated carbocycles. The summed E-state index contributed by atoms with van der Waals surface area (Å²) in [7, 11) is 2.01. The fraction of sp³-hybridized carbons (Fsp3) is 0.929. The molecule has 1 aliphatic heterocycles. The van der Waals surface area contributed by atoms with Crippen LogP contribution in [0.15, 0.2) is 0 Å². The second-order valence-electron chi connectivity index (χ2n) is 6.09. The lowest BCUT2D eigenvalue weighted by Crippen LogP contribution is -2.41. The van der Waals surface area contributed by atoms with Crippen LogP contribution in [0.2, 0.25) is 0 Å². The Morgan fingerprint density at radius 1 is 1.39 bits per heavy atom. The molecule has 4 heteroatoms. The van der Waals surface area contributed by atoms with Gasteiger partial charge < -0.3 is 10.2 Å². The molecule has 2 aliphatic rings. The molecule has 106 valence electrons. The van der Waals surface area contributed by atoms with E-state index in [4.69, 9.17) is 0 Å². The van der Waals surface area contributed by atoms with Crippen LogP contribution in [0, 0.1) is 17.3 Å². The summed E-state index contributed by atoms with van der Waals surface area (Å²) in [5.74, 6) is 1.52. The van der Waals surface area contributed by atoms with Crippen molar-refractivity contribution in [2.24, 2.45) is 17.3 Å². The molecule has 2 rings (SSSR count). The molecule has 3 nitrogen and oxygen atoms in total. The maximum atomic E-state index is 12.3.